The van der Waals surface area contributed by atoms with Gasteiger partial charge >= 0.3 is 6.09 Å². The van der Waals surface area contributed by atoms with Crippen LogP contribution in [0.5, 0.6) is 0 Å². The SMILES string of the molecule is CCOC(=O)N[S@](=O)c1ccc(C)cc1. The molecule has 1 amide bonds. The Kier molecular flexibility index (Phi) is 4.30. The fourth-order valence-electron chi connectivity index (χ4n) is 0.957. The van der Waals surface area contributed by atoms with E-state index in [2.05, 4.69) is 9.46 Å². The first-order chi connectivity index (χ1) is 7.13. The molecule has 82 valence electrons. The standard InChI is InChI=1S/C10H13NO3S/c1-3-14-10(12)11-15(13)9-6-4-8(2)5-7-9/h4-7H,3H2,1-2H3,(H,11,12)/t15-/m1/s1. The van der Waals surface area contributed by atoms with Gasteiger partial charge in [0.05, 0.1) is 11.5 Å². The number of benzene rings is 1. The second-order valence-electron chi connectivity index (χ2n) is 2.90. The Morgan fingerprint density at radius 3 is 2.53 bits per heavy atom. The molecule has 0 aliphatic heterocycles. The van der Waals surface area contributed by atoms with Crippen molar-refractivity contribution in [1.29, 1.82) is 0 Å². The van der Waals surface area contributed by atoms with Crippen LogP contribution in [0.3, 0.4) is 0 Å². The maximum atomic E-state index is 11.5. The normalized spacial score (nSPS) is 11.9. The summed E-state index contributed by atoms with van der Waals surface area (Å²) >= 11 is 0. The Hall–Kier alpha value is -1.36. The average molecular weight is 227 g/mol. The average Bonchev–Trinajstić information content (AvgIpc) is 2.18. The van der Waals surface area contributed by atoms with Crippen LogP contribution in [0.2, 0.25) is 0 Å². The maximum Gasteiger partial charge on any atom is 0.419 e. The molecule has 0 spiro atoms. The molecule has 0 unspecified atom stereocenters. The summed E-state index contributed by atoms with van der Waals surface area (Å²) in [5, 5.41) is 0. The van der Waals surface area contributed by atoms with Crippen LogP contribution >= 0.6 is 0 Å². The van der Waals surface area contributed by atoms with Gasteiger partial charge in [0.25, 0.3) is 0 Å². The molecule has 4 nitrogen and oxygen atoms in total. The first-order valence-corrected chi connectivity index (χ1v) is 5.70. The van der Waals surface area contributed by atoms with Crippen LogP contribution < -0.4 is 4.72 Å². The number of nitrogens with one attached hydrogen (secondary N) is 1. The predicted molar refractivity (Wildman–Crippen MR) is 57.7 cm³/mol. The fourth-order valence-corrected chi connectivity index (χ4v) is 1.67. The van der Waals surface area contributed by atoms with Crippen molar-refractivity contribution in [2.45, 2.75) is 18.7 Å². The van der Waals surface area contributed by atoms with Crippen molar-refractivity contribution >= 4 is 17.1 Å². The van der Waals surface area contributed by atoms with Gasteiger partial charge in [-0.1, -0.05) is 17.7 Å². The molecule has 1 aromatic carbocycles. The van der Waals surface area contributed by atoms with Crippen LogP contribution in [0.25, 0.3) is 0 Å². The quantitative estimate of drug-likeness (QED) is 0.856. The summed E-state index contributed by atoms with van der Waals surface area (Å²) in [6.45, 7) is 3.89. The first kappa shape index (κ1) is 11.7. The van der Waals surface area contributed by atoms with Crippen molar-refractivity contribution in [1.82, 2.24) is 4.72 Å². The van der Waals surface area contributed by atoms with Crippen molar-refractivity contribution in [2.75, 3.05) is 6.61 Å². The van der Waals surface area contributed by atoms with Gasteiger partial charge in [-0.15, -0.1) is 0 Å². The number of ether oxygens (including phenoxy) is 1. The van der Waals surface area contributed by atoms with Crippen LogP contribution in [-0.4, -0.2) is 16.9 Å². The largest absolute Gasteiger partial charge is 0.449 e. The predicted octanol–water partition coefficient (Wildman–Crippen LogP) is 1.76. The van der Waals surface area contributed by atoms with Crippen LogP contribution in [0.1, 0.15) is 12.5 Å². The second kappa shape index (κ2) is 5.50. The minimum absolute atomic E-state index is 0.261. The lowest BCUT2D eigenvalue weighted by Crippen LogP contribution is -2.26. The Labute approximate surface area is 91.2 Å². The summed E-state index contributed by atoms with van der Waals surface area (Å²) in [7, 11) is -1.55. The van der Waals surface area contributed by atoms with Gasteiger partial charge in [0, 0.05) is 0 Å². The lowest BCUT2D eigenvalue weighted by atomic mass is 10.2. The van der Waals surface area contributed by atoms with Gasteiger partial charge in [0.2, 0.25) is 0 Å². The molecule has 0 bridgehead atoms. The van der Waals surface area contributed by atoms with Gasteiger partial charge in [-0.25, -0.2) is 13.7 Å². The molecular formula is C10H13NO3S. The van der Waals surface area contributed by atoms with Crippen molar-refractivity contribution in [3.05, 3.63) is 29.8 Å². The zero-order chi connectivity index (χ0) is 11.3. The summed E-state index contributed by atoms with van der Waals surface area (Å²) in [4.78, 5) is 11.5. The molecular weight excluding hydrogens is 214 g/mol. The molecule has 0 saturated carbocycles. The highest BCUT2D eigenvalue weighted by Gasteiger charge is 2.08. The van der Waals surface area contributed by atoms with E-state index in [4.69, 9.17) is 0 Å². The molecule has 1 rings (SSSR count). The monoisotopic (exact) mass is 227 g/mol. The molecule has 0 aliphatic carbocycles. The highest BCUT2D eigenvalue weighted by atomic mass is 32.2. The maximum absolute atomic E-state index is 11.5. The van der Waals surface area contributed by atoms with Crippen molar-refractivity contribution in [2.24, 2.45) is 0 Å². The Balaban J connectivity index is 2.61. The third-order valence-electron chi connectivity index (χ3n) is 1.69. The molecule has 0 heterocycles. The zero-order valence-corrected chi connectivity index (χ0v) is 9.47. The topological polar surface area (TPSA) is 55.4 Å². The van der Waals surface area contributed by atoms with Crippen LogP contribution in [0, 0.1) is 6.92 Å². The van der Waals surface area contributed by atoms with Crippen molar-refractivity contribution in [3.8, 4) is 0 Å². The number of amides is 1. The summed E-state index contributed by atoms with van der Waals surface area (Å²) in [5.74, 6) is 0. The van der Waals surface area contributed by atoms with Crippen molar-refractivity contribution < 1.29 is 13.7 Å². The molecule has 5 heteroatoms. The Morgan fingerprint density at radius 2 is 2.00 bits per heavy atom. The van der Waals surface area contributed by atoms with E-state index in [1.165, 1.54) is 0 Å². The molecule has 0 fully saturated rings. The van der Waals surface area contributed by atoms with Gasteiger partial charge < -0.3 is 4.74 Å². The van der Waals surface area contributed by atoms with Gasteiger partial charge in [-0.3, -0.25) is 0 Å². The number of carbonyl (C=O) groups is 1. The molecule has 0 aromatic heterocycles. The number of rotatable bonds is 3. The fraction of sp³-hybridized carbons (Fsp3) is 0.300. The zero-order valence-electron chi connectivity index (χ0n) is 8.65. The molecule has 1 atom stereocenters. The van der Waals surface area contributed by atoms with Gasteiger partial charge in [0.1, 0.15) is 0 Å². The number of carbonyl (C=O) groups excluding carboxylic acids is 1. The van der Waals surface area contributed by atoms with Crippen LogP contribution in [0.4, 0.5) is 4.79 Å². The highest BCUT2D eigenvalue weighted by molar-refractivity contribution is 7.83. The molecule has 0 radical (unpaired) electrons. The molecule has 1 aromatic rings. The van der Waals surface area contributed by atoms with E-state index in [0.717, 1.165) is 5.56 Å². The molecule has 0 aliphatic rings. The summed E-state index contributed by atoms with van der Waals surface area (Å²) in [6, 6.07) is 7.08. The second-order valence-corrected chi connectivity index (χ2v) is 4.12. The van der Waals surface area contributed by atoms with E-state index in [1.807, 2.05) is 19.1 Å². The number of aryl methyl sites for hydroxylation is 1. The number of hydrogen-bond donors (Lipinski definition) is 1. The minimum Gasteiger partial charge on any atom is -0.449 e. The summed E-state index contributed by atoms with van der Waals surface area (Å²) in [6.07, 6.45) is -0.670. The third-order valence-corrected chi connectivity index (χ3v) is 2.74. The Bertz CT molecular complexity index is 361. The van der Waals surface area contributed by atoms with Gasteiger partial charge in [0.15, 0.2) is 11.0 Å². The van der Waals surface area contributed by atoms with Gasteiger partial charge in [-0.2, -0.15) is 0 Å². The van der Waals surface area contributed by atoms with E-state index >= 15 is 0 Å². The highest BCUT2D eigenvalue weighted by Crippen LogP contribution is 2.06. The molecule has 15 heavy (non-hydrogen) atoms. The van der Waals surface area contributed by atoms with E-state index in [0.29, 0.717) is 4.90 Å². The summed E-state index contributed by atoms with van der Waals surface area (Å²) < 4.78 is 18.4. The van der Waals surface area contributed by atoms with Gasteiger partial charge in [-0.05, 0) is 26.0 Å². The minimum atomic E-state index is -1.55. The Morgan fingerprint density at radius 1 is 1.40 bits per heavy atom. The van der Waals surface area contributed by atoms with E-state index < -0.39 is 17.1 Å². The lowest BCUT2D eigenvalue weighted by Gasteiger charge is -2.04. The van der Waals surface area contributed by atoms with Crippen molar-refractivity contribution in [3.63, 3.8) is 0 Å². The van der Waals surface area contributed by atoms with E-state index in [9.17, 15) is 9.00 Å². The van der Waals surface area contributed by atoms with Crippen LogP contribution in [-0.2, 0) is 15.7 Å². The molecule has 0 saturated heterocycles. The van der Waals surface area contributed by atoms with E-state index in [1.54, 1.807) is 19.1 Å². The van der Waals surface area contributed by atoms with E-state index in [-0.39, 0.29) is 6.61 Å². The smallest absolute Gasteiger partial charge is 0.419 e. The third kappa shape index (κ3) is 3.71. The number of hydrogen-bond acceptors (Lipinski definition) is 3. The molecule has 1 N–H and O–H groups in total. The van der Waals surface area contributed by atoms with Crippen LogP contribution in [0.15, 0.2) is 29.2 Å². The first-order valence-electron chi connectivity index (χ1n) is 4.55. The summed E-state index contributed by atoms with van der Waals surface area (Å²) in [5.41, 5.74) is 1.08. The lowest BCUT2D eigenvalue weighted by molar-refractivity contribution is 0.159.